The first-order chi connectivity index (χ1) is 13.5. The van der Waals surface area contributed by atoms with Crippen molar-refractivity contribution in [1.82, 2.24) is 4.90 Å². The van der Waals surface area contributed by atoms with Crippen molar-refractivity contribution in [1.29, 1.82) is 0 Å². The average molecular weight is 392 g/mol. The van der Waals surface area contributed by atoms with E-state index in [4.69, 9.17) is 9.84 Å². The molecule has 0 bridgehead atoms. The summed E-state index contributed by atoms with van der Waals surface area (Å²) in [5, 5.41) is 19.2. The predicted octanol–water partition coefficient (Wildman–Crippen LogP) is 3.67. The minimum Gasteiger partial charge on any atom is -0.481 e. The summed E-state index contributed by atoms with van der Waals surface area (Å²) >= 11 is 0. The van der Waals surface area contributed by atoms with Crippen molar-refractivity contribution in [3.8, 4) is 0 Å². The highest BCUT2D eigenvalue weighted by Gasteiger charge is 2.30. The monoisotopic (exact) mass is 391 g/mol. The van der Waals surface area contributed by atoms with Gasteiger partial charge in [-0.2, -0.15) is 0 Å². The number of amides is 1. The Hall–Kier alpha value is -1.92. The van der Waals surface area contributed by atoms with E-state index in [-0.39, 0.29) is 18.4 Å². The summed E-state index contributed by atoms with van der Waals surface area (Å²) in [5.41, 5.74) is 1.93. The van der Waals surface area contributed by atoms with Crippen LogP contribution in [0.4, 0.5) is 0 Å². The normalized spacial score (nSPS) is 17.9. The number of carboxylic acids is 1. The highest BCUT2D eigenvalue weighted by atomic mass is 16.5. The third-order valence-corrected chi connectivity index (χ3v) is 5.41. The SMILES string of the molecule is COCc1cccc([C@H](O)CCC2CCC(=O)N2CCCCCCC(=O)O)c1. The number of aliphatic hydroxyl groups is 1. The van der Waals surface area contributed by atoms with Crippen LogP contribution in [0.3, 0.4) is 0 Å². The molecule has 0 saturated carbocycles. The van der Waals surface area contributed by atoms with E-state index in [1.807, 2.05) is 29.2 Å². The molecule has 1 aliphatic heterocycles. The van der Waals surface area contributed by atoms with Crippen LogP contribution in [0, 0.1) is 0 Å². The molecular formula is C22H33NO5. The van der Waals surface area contributed by atoms with Crippen molar-refractivity contribution in [2.24, 2.45) is 0 Å². The topological polar surface area (TPSA) is 87.1 Å². The molecule has 156 valence electrons. The quantitative estimate of drug-likeness (QED) is 0.501. The van der Waals surface area contributed by atoms with Gasteiger partial charge in [0.15, 0.2) is 0 Å². The number of carbonyl (C=O) groups excluding carboxylic acids is 1. The Morgan fingerprint density at radius 3 is 2.82 bits per heavy atom. The molecule has 1 aliphatic rings. The number of nitrogens with zero attached hydrogens (tertiary/aromatic N) is 1. The van der Waals surface area contributed by atoms with Gasteiger partial charge in [-0.25, -0.2) is 0 Å². The van der Waals surface area contributed by atoms with E-state index in [9.17, 15) is 14.7 Å². The van der Waals surface area contributed by atoms with Gasteiger partial charge in [-0.05, 0) is 43.2 Å². The fourth-order valence-corrected chi connectivity index (χ4v) is 3.89. The van der Waals surface area contributed by atoms with Gasteiger partial charge in [0.25, 0.3) is 0 Å². The Morgan fingerprint density at radius 1 is 1.29 bits per heavy atom. The van der Waals surface area contributed by atoms with Crippen LogP contribution in [-0.4, -0.2) is 46.7 Å². The van der Waals surface area contributed by atoms with E-state index in [1.165, 1.54) is 0 Å². The van der Waals surface area contributed by atoms with Gasteiger partial charge in [-0.1, -0.05) is 37.1 Å². The Bertz CT molecular complexity index is 633. The molecule has 0 radical (unpaired) electrons. The van der Waals surface area contributed by atoms with Crippen molar-refractivity contribution in [3.63, 3.8) is 0 Å². The second kappa shape index (κ2) is 11.8. The number of carboxylic acid groups (broad SMARTS) is 1. The number of likely N-dealkylation sites (tertiary alicyclic amines) is 1. The van der Waals surface area contributed by atoms with Crippen LogP contribution in [-0.2, 0) is 20.9 Å². The largest absolute Gasteiger partial charge is 0.481 e. The zero-order valence-electron chi connectivity index (χ0n) is 16.8. The molecule has 0 aromatic heterocycles. The molecule has 0 aliphatic carbocycles. The second-order valence-corrected chi connectivity index (χ2v) is 7.61. The summed E-state index contributed by atoms with van der Waals surface area (Å²) < 4.78 is 5.15. The summed E-state index contributed by atoms with van der Waals surface area (Å²) in [6.07, 6.45) is 5.97. The first-order valence-electron chi connectivity index (χ1n) is 10.3. The van der Waals surface area contributed by atoms with Crippen molar-refractivity contribution >= 4 is 11.9 Å². The summed E-state index contributed by atoms with van der Waals surface area (Å²) in [7, 11) is 1.65. The maximum atomic E-state index is 12.2. The first-order valence-corrected chi connectivity index (χ1v) is 10.3. The number of aliphatic carboxylic acids is 1. The Balaban J connectivity index is 1.76. The van der Waals surface area contributed by atoms with Gasteiger partial charge in [-0.15, -0.1) is 0 Å². The van der Waals surface area contributed by atoms with Gasteiger partial charge >= 0.3 is 5.97 Å². The fourth-order valence-electron chi connectivity index (χ4n) is 3.89. The smallest absolute Gasteiger partial charge is 0.303 e. The number of hydrogen-bond acceptors (Lipinski definition) is 4. The van der Waals surface area contributed by atoms with Crippen LogP contribution in [0.1, 0.15) is 75.0 Å². The number of carbonyl (C=O) groups is 2. The number of hydrogen-bond donors (Lipinski definition) is 2. The lowest BCUT2D eigenvalue weighted by Crippen LogP contribution is -2.34. The zero-order valence-corrected chi connectivity index (χ0v) is 16.8. The molecule has 1 fully saturated rings. The zero-order chi connectivity index (χ0) is 20.4. The van der Waals surface area contributed by atoms with Gasteiger partial charge < -0.3 is 19.8 Å². The molecule has 6 heteroatoms. The number of ether oxygens (including phenoxy) is 1. The van der Waals surface area contributed by atoms with Gasteiger partial charge in [0.1, 0.15) is 0 Å². The van der Waals surface area contributed by atoms with Crippen LogP contribution in [0.2, 0.25) is 0 Å². The average Bonchev–Trinajstić information content (AvgIpc) is 3.02. The maximum absolute atomic E-state index is 12.2. The van der Waals surface area contributed by atoms with Gasteiger partial charge in [0, 0.05) is 32.5 Å². The standard InChI is InChI=1S/C22H33NO5/c1-28-16-17-7-6-8-18(15-17)20(24)12-10-19-11-13-21(25)23(19)14-5-3-2-4-9-22(26)27/h6-8,15,19-20,24H,2-5,9-14,16H2,1H3,(H,26,27)/t19?,20-/m1/s1. The van der Waals surface area contributed by atoms with Crippen molar-refractivity contribution in [3.05, 3.63) is 35.4 Å². The highest BCUT2D eigenvalue weighted by Crippen LogP contribution is 2.27. The summed E-state index contributed by atoms with van der Waals surface area (Å²) in [6, 6.07) is 8.01. The second-order valence-electron chi connectivity index (χ2n) is 7.61. The van der Waals surface area contributed by atoms with E-state index in [0.717, 1.165) is 49.8 Å². The van der Waals surface area contributed by atoms with E-state index < -0.39 is 12.1 Å². The first kappa shape index (κ1) is 22.4. The van der Waals surface area contributed by atoms with Crippen LogP contribution in [0.15, 0.2) is 24.3 Å². The molecular weight excluding hydrogens is 358 g/mol. The molecule has 2 atom stereocenters. The lowest BCUT2D eigenvalue weighted by Gasteiger charge is -2.26. The van der Waals surface area contributed by atoms with Gasteiger partial charge in [-0.3, -0.25) is 9.59 Å². The van der Waals surface area contributed by atoms with E-state index in [1.54, 1.807) is 7.11 Å². The van der Waals surface area contributed by atoms with Crippen LogP contribution < -0.4 is 0 Å². The summed E-state index contributed by atoms with van der Waals surface area (Å²) in [5.74, 6) is -0.548. The van der Waals surface area contributed by atoms with Crippen molar-refractivity contribution in [2.75, 3.05) is 13.7 Å². The van der Waals surface area contributed by atoms with E-state index in [0.29, 0.717) is 25.9 Å². The Morgan fingerprint density at radius 2 is 2.07 bits per heavy atom. The summed E-state index contributed by atoms with van der Waals surface area (Å²) in [4.78, 5) is 24.7. The molecule has 1 aromatic carbocycles. The molecule has 6 nitrogen and oxygen atoms in total. The fraction of sp³-hybridized carbons (Fsp3) is 0.636. The Labute approximate surface area is 167 Å². The van der Waals surface area contributed by atoms with Crippen LogP contribution in [0.25, 0.3) is 0 Å². The molecule has 1 saturated heterocycles. The minimum absolute atomic E-state index is 0.198. The number of unbranched alkanes of at least 4 members (excludes halogenated alkanes) is 3. The van der Waals surface area contributed by atoms with Gasteiger partial charge in [0.2, 0.25) is 5.91 Å². The molecule has 1 unspecified atom stereocenters. The van der Waals surface area contributed by atoms with Crippen LogP contribution >= 0.6 is 0 Å². The number of aliphatic hydroxyl groups excluding tert-OH is 1. The predicted molar refractivity (Wildman–Crippen MR) is 107 cm³/mol. The van der Waals surface area contributed by atoms with E-state index >= 15 is 0 Å². The Kier molecular flexibility index (Phi) is 9.44. The third kappa shape index (κ3) is 7.24. The number of rotatable bonds is 13. The highest BCUT2D eigenvalue weighted by molar-refractivity contribution is 5.78. The molecule has 2 rings (SSSR count). The third-order valence-electron chi connectivity index (χ3n) is 5.41. The molecule has 0 spiro atoms. The van der Waals surface area contributed by atoms with Crippen LogP contribution in [0.5, 0.6) is 0 Å². The van der Waals surface area contributed by atoms with Crippen molar-refractivity contribution in [2.45, 2.75) is 76.5 Å². The molecule has 1 heterocycles. The van der Waals surface area contributed by atoms with E-state index in [2.05, 4.69) is 0 Å². The lowest BCUT2D eigenvalue weighted by molar-refractivity contribution is -0.137. The van der Waals surface area contributed by atoms with Crippen molar-refractivity contribution < 1.29 is 24.5 Å². The van der Waals surface area contributed by atoms with Gasteiger partial charge in [0.05, 0.1) is 12.7 Å². The molecule has 2 N–H and O–H groups in total. The maximum Gasteiger partial charge on any atom is 0.303 e. The molecule has 1 aromatic rings. The lowest BCUT2D eigenvalue weighted by atomic mass is 9.99. The summed E-state index contributed by atoms with van der Waals surface area (Å²) in [6.45, 7) is 1.26. The minimum atomic E-state index is -0.749. The molecule has 1 amide bonds. The number of benzene rings is 1. The number of methoxy groups -OCH3 is 1. The molecule has 28 heavy (non-hydrogen) atoms.